The van der Waals surface area contributed by atoms with Crippen molar-refractivity contribution in [3.05, 3.63) is 95.6 Å². The highest BCUT2D eigenvalue weighted by atomic mass is 16.5. The summed E-state index contributed by atoms with van der Waals surface area (Å²) in [7, 11) is 0. The second-order valence-electron chi connectivity index (χ2n) is 9.05. The van der Waals surface area contributed by atoms with E-state index in [4.69, 9.17) is 9.47 Å². The SMILES string of the molecule is CCOC1CCC(OC(=O)c2ccc(-c3ccc(C[C@H](C)c4ccccc4)cc3)cc2)CC1. The molecule has 0 amide bonds. The number of carbonyl (C=O) groups is 1. The Morgan fingerprint density at radius 2 is 1.39 bits per heavy atom. The van der Waals surface area contributed by atoms with E-state index >= 15 is 0 Å². The Bertz CT molecular complexity index is 1000. The summed E-state index contributed by atoms with van der Waals surface area (Å²) < 4.78 is 11.4. The Balaban J connectivity index is 1.32. The van der Waals surface area contributed by atoms with E-state index in [1.54, 1.807) is 0 Å². The molecular weight excluding hydrogens is 408 g/mol. The highest BCUT2D eigenvalue weighted by Gasteiger charge is 2.24. The summed E-state index contributed by atoms with van der Waals surface area (Å²) in [6.45, 7) is 5.04. The Labute approximate surface area is 197 Å². The van der Waals surface area contributed by atoms with E-state index in [0.717, 1.165) is 49.8 Å². The zero-order valence-electron chi connectivity index (χ0n) is 19.7. The molecule has 0 N–H and O–H groups in total. The number of benzene rings is 3. The molecule has 3 aromatic rings. The highest BCUT2D eigenvalue weighted by Crippen LogP contribution is 2.26. The smallest absolute Gasteiger partial charge is 0.338 e. The van der Waals surface area contributed by atoms with Crippen molar-refractivity contribution in [2.45, 2.75) is 64.1 Å². The maximum absolute atomic E-state index is 12.6. The molecule has 0 unspecified atom stereocenters. The summed E-state index contributed by atoms with van der Waals surface area (Å²) in [5.74, 6) is 0.253. The van der Waals surface area contributed by atoms with Crippen LogP contribution in [0, 0.1) is 0 Å². The predicted molar refractivity (Wildman–Crippen MR) is 134 cm³/mol. The van der Waals surface area contributed by atoms with Gasteiger partial charge in [-0.3, -0.25) is 0 Å². The standard InChI is InChI=1S/C30H34O3/c1-3-32-28-17-19-29(20-18-28)33-30(31)27-15-13-26(14-16-27)25-11-9-23(10-12-25)21-22(2)24-7-5-4-6-8-24/h4-16,22,28-29H,3,17-21H2,1-2H3/t22-,28?,29?/m0/s1. The van der Waals surface area contributed by atoms with Crippen molar-refractivity contribution in [3.63, 3.8) is 0 Å². The molecular formula is C30H34O3. The molecule has 4 rings (SSSR count). The van der Waals surface area contributed by atoms with Crippen molar-refractivity contribution < 1.29 is 14.3 Å². The molecule has 3 aromatic carbocycles. The van der Waals surface area contributed by atoms with Crippen molar-refractivity contribution in [2.75, 3.05) is 6.61 Å². The molecule has 1 saturated carbocycles. The van der Waals surface area contributed by atoms with Gasteiger partial charge in [-0.05, 0) is 79.3 Å². The Hall–Kier alpha value is -2.91. The lowest BCUT2D eigenvalue weighted by Crippen LogP contribution is -2.28. The number of rotatable bonds is 8. The molecule has 1 aliphatic rings. The normalized spacial score (nSPS) is 19.1. The lowest BCUT2D eigenvalue weighted by atomic mass is 9.93. The number of hydrogen-bond donors (Lipinski definition) is 0. The summed E-state index contributed by atoms with van der Waals surface area (Å²) in [5.41, 5.74) is 5.56. The first-order chi connectivity index (χ1) is 16.1. The number of ether oxygens (including phenoxy) is 2. The summed E-state index contributed by atoms with van der Waals surface area (Å²) >= 11 is 0. The van der Waals surface area contributed by atoms with Crippen LogP contribution in [0.3, 0.4) is 0 Å². The van der Waals surface area contributed by atoms with Crippen LogP contribution in [0.25, 0.3) is 11.1 Å². The van der Waals surface area contributed by atoms with E-state index < -0.39 is 0 Å². The average molecular weight is 443 g/mol. The van der Waals surface area contributed by atoms with Crippen molar-refractivity contribution in [1.29, 1.82) is 0 Å². The average Bonchev–Trinajstić information content (AvgIpc) is 2.86. The molecule has 0 heterocycles. The lowest BCUT2D eigenvalue weighted by molar-refractivity contribution is -0.0163. The molecule has 3 heteroatoms. The molecule has 0 saturated heterocycles. The maximum atomic E-state index is 12.6. The van der Waals surface area contributed by atoms with Gasteiger partial charge in [-0.2, -0.15) is 0 Å². The van der Waals surface area contributed by atoms with Crippen LogP contribution in [0.5, 0.6) is 0 Å². The molecule has 1 atom stereocenters. The first-order valence-electron chi connectivity index (χ1n) is 12.2. The van der Waals surface area contributed by atoms with E-state index in [2.05, 4.69) is 61.5 Å². The van der Waals surface area contributed by atoms with E-state index in [9.17, 15) is 4.79 Å². The molecule has 0 aliphatic heterocycles. The van der Waals surface area contributed by atoms with Crippen molar-refractivity contribution in [3.8, 4) is 11.1 Å². The van der Waals surface area contributed by atoms with Gasteiger partial charge in [0.25, 0.3) is 0 Å². The summed E-state index contributed by atoms with van der Waals surface area (Å²) in [6.07, 6.45) is 5.02. The van der Waals surface area contributed by atoms with Gasteiger partial charge < -0.3 is 9.47 Å². The maximum Gasteiger partial charge on any atom is 0.338 e. The fourth-order valence-electron chi connectivity index (χ4n) is 4.66. The largest absolute Gasteiger partial charge is 0.459 e. The van der Waals surface area contributed by atoms with Gasteiger partial charge in [0.15, 0.2) is 0 Å². The van der Waals surface area contributed by atoms with Crippen molar-refractivity contribution in [2.24, 2.45) is 0 Å². The zero-order valence-corrected chi connectivity index (χ0v) is 19.7. The third-order valence-corrected chi connectivity index (χ3v) is 6.62. The quantitative estimate of drug-likeness (QED) is 0.346. The minimum absolute atomic E-state index is 0.000273. The van der Waals surface area contributed by atoms with Crippen LogP contribution in [0.1, 0.15) is 66.9 Å². The lowest BCUT2D eigenvalue weighted by Gasteiger charge is -2.28. The van der Waals surface area contributed by atoms with Gasteiger partial charge >= 0.3 is 5.97 Å². The Morgan fingerprint density at radius 1 is 0.818 bits per heavy atom. The summed E-state index contributed by atoms with van der Waals surface area (Å²) in [4.78, 5) is 12.6. The van der Waals surface area contributed by atoms with Gasteiger partial charge in [0.2, 0.25) is 0 Å². The van der Waals surface area contributed by atoms with Crippen molar-refractivity contribution >= 4 is 5.97 Å². The fraction of sp³-hybridized carbons (Fsp3) is 0.367. The Morgan fingerprint density at radius 3 is 2.00 bits per heavy atom. The third-order valence-electron chi connectivity index (χ3n) is 6.62. The Kier molecular flexibility index (Phi) is 7.96. The number of carbonyl (C=O) groups excluding carboxylic acids is 1. The highest BCUT2D eigenvalue weighted by molar-refractivity contribution is 5.90. The van der Waals surface area contributed by atoms with E-state index in [-0.39, 0.29) is 12.1 Å². The van der Waals surface area contributed by atoms with Gasteiger partial charge in [0, 0.05) is 6.61 Å². The second-order valence-corrected chi connectivity index (χ2v) is 9.05. The monoisotopic (exact) mass is 442 g/mol. The second kappa shape index (κ2) is 11.3. The molecule has 1 aliphatic carbocycles. The predicted octanol–water partition coefficient (Wildman–Crippen LogP) is 7.20. The summed E-state index contributed by atoms with van der Waals surface area (Å²) in [5, 5.41) is 0. The fourth-order valence-corrected chi connectivity index (χ4v) is 4.66. The zero-order chi connectivity index (χ0) is 23.0. The van der Waals surface area contributed by atoms with Crippen LogP contribution in [0.15, 0.2) is 78.9 Å². The minimum atomic E-state index is -0.230. The molecule has 0 bridgehead atoms. The molecule has 172 valence electrons. The molecule has 1 fully saturated rings. The van der Waals surface area contributed by atoms with E-state index in [1.165, 1.54) is 11.1 Å². The van der Waals surface area contributed by atoms with Crippen LogP contribution in [0.2, 0.25) is 0 Å². The van der Waals surface area contributed by atoms with Gasteiger partial charge in [-0.25, -0.2) is 4.79 Å². The number of esters is 1. The first kappa shape index (κ1) is 23.3. The molecule has 33 heavy (non-hydrogen) atoms. The van der Waals surface area contributed by atoms with Gasteiger partial charge in [-0.15, -0.1) is 0 Å². The van der Waals surface area contributed by atoms with Crippen LogP contribution < -0.4 is 0 Å². The summed E-state index contributed by atoms with van der Waals surface area (Å²) in [6, 6.07) is 27.1. The molecule has 3 nitrogen and oxygen atoms in total. The molecule has 0 aromatic heterocycles. The van der Waals surface area contributed by atoms with Crippen LogP contribution in [-0.2, 0) is 15.9 Å². The van der Waals surface area contributed by atoms with E-state index in [0.29, 0.717) is 17.6 Å². The topological polar surface area (TPSA) is 35.5 Å². The van der Waals surface area contributed by atoms with Crippen LogP contribution >= 0.6 is 0 Å². The molecule has 0 radical (unpaired) electrons. The first-order valence-corrected chi connectivity index (χ1v) is 12.2. The minimum Gasteiger partial charge on any atom is -0.459 e. The van der Waals surface area contributed by atoms with Gasteiger partial charge in [0.05, 0.1) is 11.7 Å². The van der Waals surface area contributed by atoms with Crippen LogP contribution in [0.4, 0.5) is 0 Å². The van der Waals surface area contributed by atoms with Gasteiger partial charge in [0.1, 0.15) is 6.10 Å². The van der Waals surface area contributed by atoms with E-state index in [1.807, 2.05) is 31.2 Å². The number of hydrogen-bond acceptors (Lipinski definition) is 3. The van der Waals surface area contributed by atoms with Gasteiger partial charge in [-0.1, -0.05) is 73.7 Å². The third kappa shape index (κ3) is 6.33. The van der Waals surface area contributed by atoms with Crippen LogP contribution in [-0.4, -0.2) is 24.8 Å². The molecule has 0 spiro atoms. The van der Waals surface area contributed by atoms with Crippen molar-refractivity contribution in [1.82, 2.24) is 0 Å².